The summed E-state index contributed by atoms with van der Waals surface area (Å²) in [5, 5.41) is 23.6. The maximum absolute atomic E-state index is 12.8. The number of imidazole rings is 1. The molecule has 0 aliphatic heterocycles. The Labute approximate surface area is 426 Å². The molecular formula is C68H60N4O. The van der Waals surface area contributed by atoms with E-state index in [2.05, 4.69) is 242 Å². The molecule has 0 aliphatic carbocycles. The number of phenolic OH excluding ortho intramolecular Hbond substituents is 1. The lowest BCUT2D eigenvalue weighted by atomic mass is 9.78. The third-order valence-electron chi connectivity index (χ3n) is 15.7. The number of aromatic hydroxyl groups is 1. The van der Waals surface area contributed by atoms with E-state index >= 15 is 0 Å². The summed E-state index contributed by atoms with van der Waals surface area (Å²) in [5.41, 5.74) is 16.4. The topological polar surface area (TPSA) is 55.3 Å². The van der Waals surface area contributed by atoms with Crippen molar-refractivity contribution in [2.45, 2.75) is 91.9 Å². The molecule has 13 aromatic rings. The minimum absolute atomic E-state index is 0.169. The van der Waals surface area contributed by atoms with E-state index in [1.807, 2.05) is 0 Å². The smallest absolute Gasteiger partial charge is 0.149 e. The molecule has 0 spiro atoms. The van der Waals surface area contributed by atoms with Crippen LogP contribution < -0.4 is 0 Å². The monoisotopic (exact) mass is 948 g/mol. The molecular weight excluding hydrogens is 889 g/mol. The molecule has 0 aliphatic rings. The van der Waals surface area contributed by atoms with Crippen LogP contribution in [0.1, 0.15) is 103 Å². The molecule has 4 heterocycles. The van der Waals surface area contributed by atoms with E-state index in [4.69, 9.17) is 9.97 Å². The highest BCUT2D eigenvalue weighted by molar-refractivity contribution is 6.39. The van der Waals surface area contributed by atoms with E-state index in [0.29, 0.717) is 5.82 Å². The van der Waals surface area contributed by atoms with Gasteiger partial charge in [0, 0.05) is 48.8 Å². The number of phenols is 1. The predicted octanol–water partition coefficient (Wildman–Crippen LogP) is 18.6. The van der Waals surface area contributed by atoms with E-state index in [1.165, 1.54) is 76.5 Å². The highest BCUT2D eigenvalue weighted by Crippen LogP contribution is 2.50. The quantitative estimate of drug-likeness (QED) is 0.169. The molecule has 0 radical (unpaired) electrons. The van der Waals surface area contributed by atoms with Crippen molar-refractivity contribution in [2.75, 3.05) is 0 Å². The lowest BCUT2D eigenvalue weighted by molar-refractivity contribution is 0.446. The lowest BCUT2D eigenvalue weighted by Crippen LogP contribution is -2.17. The average molecular weight is 949 g/mol. The number of para-hydroxylation sites is 3. The standard InChI is InChI=1S/C68H60N4O/c1-38(2)49-33-41(40-21-12-11-13-22-40)34-50(39(3)4)63(49)72-58-30-20-27-47(62(58)70-66(72)53-35-42(67(5,6)7)36-54(65(53)73)68(8,9)10)55-32-31-46-43-23-14-15-25-45(43)59-52(61(46)69-55)37-51-44-24-16-18-28-56(44)71-57-29-19-17-26-48(57)60(59)64(51)71/h11-39,73H,1-10H3. The SMILES string of the molecule is CC(C)c1cc(-c2ccccc2)cc(C(C)C)c1-n1c(-c2cc(C(C)(C)C)cc(C(C)(C)C)c2O)nc2c(-c3ccc4c5ccccc5c5c(cc6c7ccccc7n7c8ccccc8c5c67)c4n3)cccc21. The molecule has 9 aromatic carbocycles. The van der Waals surface area contributed by atoms with Gasteiger partial charge in [0.1, 0.15) is 11.6 Å². The zero-order valence-corrected chi connectivity index (χ0v) is 43.5. The van der Waals surface area contributed by atoms with Crippen LogP contribution in [0.15, 0.2) is 164 Å². The molecule has 5 heteroatoms. The van der Waals surface area contributed by atoms with Crippen LogP contribution in [0.5, 0.6) is 5.75 Å². The molecule has 0 saturated heterocycles. The molecule has 358 valence electrons. The molecule has 5 nitrogen and oxygen atoms in total. The number of aromatic nitrogens is 4. The van der Waals surface area contributed by atoms with Crippen LogP contribution in [0, 0.1) is 0 Å². The highest BCUT2D eigenvalue weighted by Gasteiger charge is 2.31. The molecule has 0 atom stereocenters. The van der Waals surface area contributed by atoms with Gasteiger partial charge in [-0.25, -0.2) is 9.97 Å². The Morgan fingerprint density at radius 1 is 0.452 bits per heavy atom. The van der Waals surface area contributed by atoms with Gasteiger partial charge in [0.05, 0.1) is 50.0 Å². The minimum atomic E-state index is -0.338. The number of hydrogen-bond acceptors (Lipinski definition) is 3. The van der Waals surface area contributed by atoms with Crippen molar-refractivity contribution in [1.29, 1.82) is 0 Å². The fourth-order valence-electron chi connectivity index (χ4n) is 12.1. The molecule has 0 amide bonds. The second-order valence-electron chi connectivity index (χ2n) is 23.1. The van der Waals surface area contributed by atoms with Gasteiger partial charge in [0.25, 0.3) is 0 Å². The summed E-state index contributed by atoms with van der Waals surface area (Å²) < 4.78 is 4.85. The molecule has 0 unspecified atom stereocenters. The maximum Gasteiger partial charge on any atom is 0.149 e. The third-order valence-corrected chi connectivity index (χ3v) is 15.7. The normalized spacial score (nSPS) is 12.8. The van der Waals surface area contributed by atoms with E-state index < -0.39 is 0 Å². The van der Waals surface area contributed by atoms with Crippen molar-refractivity contribution in [3.8, 4) is 45.2 Å². The summed E-state index contributed by atoms with van der Waals surface area (Å²) in [7, 11) is 0. The first kappa shape index (κ1) is 44.9. The summed E-state index contributed by atoms with van der Waals surface area (Å²) >= 11 is 0. The predicted molar refractivity (Wildman–Crippen MR) is 310 cm³/mol. The zero-order chi connectivity index (χ0) is 50.4. The van der Waals surface area contributed by atoms with Crippen LogP contribution in [0.3, 0.4) is 0 Å². The van der Waals surface area contributed by atoms with Crippen LogP contribution >= 0.6 is 0 Å². The number of nitrogens with zero attached hydrogens (tertiary/aromatic N) is 4. The van der Waals surface area contributed by atoms with E-state index in [1.54, 1.807) is 0 Å². The largest absolute Gasteiger partial charge is 0.507 e. The van der Waals surface area contributed by atoms with E-state index in [9.17, 15) is 5.11 Å². The van der Waals surface area contributed by atoms with Crippen LogP contribution in [-0.2, 0) is 10.8 Å². The number of hydrogen-bond donors (Lipinski definition) is 1. The summed E-state index contributed by atoms with van der Waals surface area (Å²) in [6.07, 6.45) is 0. The first-order valence-electron chi connectivity index (χ1n) is 26.0. The molecule has 0 saturated carbocycles. The van der Waals surface area contributed by atoms with Gasteiger partial charge in [0.15, 0.2) is 0 Å². The van der Waals surface area contributed by atoms with Crippen molar-refractivity contribution in [3.05, 3.63) is 186 Å². The zero-order valence-electron chi connectivity index (χ0n) is 43.5. The van der Waals surface area contributed by atoms with E-state index in [0.717, 1.165) is 61.0 Å². The van der Waals surface area contributed by atoms with Crippen molar-refractivity contribution in [3.63, 3.8) is 0 Å². The number of pyridine rings is 1. The average Bonchev–Trinajstić information content (AvgIpc) is 4.05. The Hall–Kier alpha value is -8.02. The molecule has 73 heavy (non-hydrogen) atoms. The number of rotatable bonds is 6. The van der Waals surface area contributed by atoms with Gasteiger partial charge in [-0.15, -0.1) is 0 Å². The van der Waals surface area contributed by atoms with Crippen LogP contribution in [0.2, 0.25) is 0 Å². The van der Waals surface area contributed by atoms with Gasteiger partial charge in [0.2, 0.25) is 0 Å². The van der Waals surface area contributed by atoms with Crippen molar-refractivity contribution < 1.29 is 5.11 Å². The second-order valence-corrected chi connectivity index (χ2v) is 23.1. The number of fused-ring (bicyclic) bond motifs is 14. The Kier molecular flexibility index (Phi) is 9.83. The number of benzene rings is 9. The molecule has 1 N–H and O–H groups in total. The van der Waals surface area contributed by atoms with Crippen LogP contribution in [0.25, 0.3) is 121 Å². The Morgan fingerprint density at radius 3 is 1.74 bits per heavy atom. The lowest BCUT2D eigenvalue weighted by Gasteiger charge is -2.28. The van der Waals surface area contributed by atoms with E-state index in [-0.39, 0.29) is 28.4 Å². The van der Waals surface area contributed by atoms with Crippen LogP contribution in [-0.4, -0.2) is 24.0 Å². The van der Waals surface area contributed by atoms with Crippen molar-refractivity contribution >= 4 is 81.6 Å². The fraction of sp³-hybridized carbons (Fsp3) is 0.206. The van der Waals surface area contributed by atoms with Gasteiger partial charge in [-0.1, -0.05) is 178 Å². The first-order valence-corrected chi connectivity index (χ1v) is 26.0. The molecule has 4 aromatic heterocycles. The Morgan fingerprint density at radius 2 is 1.07 bits per heavy atom. The third kappa shape index (κ3) is 6.67. The second kappa shape index (κ2) is 16.0. The molecule has 13 rings (SSSR count). The van der Waals surface area contributed by atoms with Gasteiger partial charge in [-0.3, -0.25) is 4.57 Å². The molecule has 0 bridgehead atoms. The highest BCUT2D eigenvalue weighted by atomic mass is 16.3. The Balaban J connectivity index is 1.16. The summed E-state index contributed by atoms with van der Waals surface area (Å²) in [6, 6.07) is 59.9. The van der Waals surface area contributed by atoms with Gasteiger partial charge in [-0.2, -0.15) is 0 Å². The Bertz CT molecular complexity index is 4370. The fourth-order valence-corrected chi connectivity index (χ4v) is 12.1. The summed E-state index contributed by atoms with van der Waals surface area (Å²) in [5.74, 6) is 1.32. The van der Waals surface area contributed by atoms with Gasteiger partial charge >= 0.3 is 0 Å². The maximum atomic E-state index is 12.8. The summed E-state index contributed by atoms with van der Waals surface area (Å²) in [6.45, 7) is 22.5. The van der Waals surface area contributed by atoms with Crippen molar-refractivity contribution in [1.82, 2.24) is 18.9 Å². The molecule has 0 fully saturated rings. The van der Waals surface area contributed by atoms with Crippen LogP contribution in [0.4, 0.5) is 0 Å². The minimum Gasteiger partial charge on any atom is -0.507 e. The summed E-state index contributed by atoms with van der Waals surface area (Å²) in [4.78, 5) is 11.6. The van der Waals surface area contributed by atoms with Gasteiger partial charge in [-0.05, 0) is 116 Å². The van der Waals surface area contributed by atoms with Crippen molar-refractivity contribution in [2.24, 2.45) is 0 Å². The first-order chi connectivity index (χ1) is 35.1. The van der Waals surface area contributed by atoms with Gasteiger partial charge < -0.3 is 9.51 Å².